The fourth-order valence-corrected chi connectivity index (χ4v) is 3.46. The lowest BCUT2D eigenvalue weighted by atomic mass is 10.0. The summed E-state index contributed by atoms with van der Waals surface area (Å²) < 4.78 is 18.9. The first-order valence-electron chi connectivity index (χ1n) is 8.69. The van der Waals surface area contributed by atoms with Crippen molar-refractivity contribution >= 4 is 16.6 Å². The monoisotopic (exact) mass is 336 g/mol. The number of ether oxygens (including phenoxy) is 1. The molecule has 0 atom stereocenters. The third-order valence-electron chi connectivity index (χ3n) is 4.94. The third kappa shape index (κ3) is 3.22. The number of hydrogen-bond acceptors (Lipinski definition) is 3. The maximum Gasteiger partial charge on any atom is 0.123 e. The maximum absolute atomic E-state index is 13.4. The molecule has 3 nitrogen and oxygen atoms in total. The minimum absolute atomic E-state index is 0.233. The summed E-state index contributed by atoms with van der Waals surface area (Å²) >= 11 is 0. The van der Waals surface area contributed by atoms with Crippen LogP contribution in [0.25, 0.3) is 22.2 Å². The van der Waals surface area contributed by atoms with E-state index in [0.29, 0.717) is 6.04 Å². The number of para-hydroxylation sites is 1. The van der Waals surface area contributed by atoms with Crippen molar-refractivity contribution in [2.45, 2.75) is 18.9 Å². The van der Waals surface area contributed by atoms with Crippen LogP contribution in [0.15, 0.2) is 54.6 Å². The normalized spacial score (nSPS) is 15.4. The van der Waals surface area contributed by atoms with Crippen molar-refractivity contribution in [3.63, 3.8) is 0 Å². The number of rotatable bonds is 3. The topological polar surface area (TPSA) is 25.4 Å². The number of halogens is 1. The predicted molar refractivity (Wildman–Crippen MR) is 99.4 cm³/mol. The van der Waals surface area contributed by atoms with Gasteiger partial charge in [0.25, 0.3) is 0 Å². The van der Waals surface area contributed by atoms with Gasteiger partial charge in [0.1, 0.15) is 5.82 Å². The van der Waals surface area contributed by atoms with Gasteiger partial charge in [-0.3, -0.25) is 0 Å². The molecule has 0 N–H and O–H groups in total. The molecule has 0 saturated carbocycles. The predicted octanol–water partition coefficient (Wildman–Crippen LogP) is 4.66. The number of pyridine rings is 1. The van der Waals surface area contributed by atoms with Crippen LogP contribution in [0, 0.1) is 5.82 Å². The molecule has 0 amide bonds. The third-order valence-corrected chi connectivity index (χ3v) is 4.94. The Morgan fingerprint density at radius 1 is 1.04 bits per heavy atom. The summed E-state index contributed by atoms with van der Waals surface area (Å²) in [6.45, 7) is 1.59. The number of aromatic nitrogens is 1. The van der Waals surface area contributed by atoms with Gasteiger partial charge in [-0.2, -0.15) is 0 Å². The molecule has 1 aliphatic heterocycles. The van der Waals surface area contributed by atoms with E-state index < -0.39 is 0 Å². The highest BCUT2D eigenvalue weighted by atomic mass is 19.1. The van der Waals surface area contributed by atoms with Crippen molar-refractivity contribution in [3.05, 3.63) is 60.4 Å². The van der Waals surface area contributed by atoms with Crippen LogP contribution < -0.4 is 4.90 Å². The Bertz CT molecular complexity index is 873. The summed E-state index contributed by atoms with van der Waals surface area (Å²) in [6, 6.07) is 17.3. The van der Waals surface area contributed by atoms with E-state index in [-0.39, 0.29) is 5.82 Å². The Morgan fingerprint density at radius 3 is 2.52 bits per heavy atom. The van der Waals surface area contributed by atoms with Crippen molar-refractivity contribution in [3.8, 4) is 11.3 Å². The highest BCUT2D eigenvalue weighted by Crippen LogP contribution is 2.34. The van der Waals surface area contributed by atoms with E-state index in [1.165, 1.54) is 12.1 Å². The van der Waals surface area contributed by atoms with E-state index in [9.17, 15) is 4.39 Å². The van der Waals surface area contributed by atoms with Gasteiger partial charge < -0.3 is 9.64 Å². The average molecular weight is 336 g/mol. The van der Waals surface area contributed by atoms with Crippen LogP contribution in [0.3, 0.4) is 0 Å². The number of hydrogen-bond donors (Lipinski definition) is 0. The summed E-state index contributed by atoms with van der Waals surface area (Å²) in [6.07, 6.45) is 2.01. The number of benzene rings is 2. The Kier molecular flexibility index (Phi) is 4.36. The second-order valence-electron chi connectivity index (χ2n) is 6.51. The minimum Gasteiger partial charge on any atom is -0.381 e. The molecule has 1 saturated heterocycles. The Balaban J connectivity index is 1.84. The van der Waals surface area contributed by atoms with E-state index in [1.54, 1.807) is 12.1 Å². The first-order chi connectivity index (χ1) is 12.2. The first-order valence-corrected chi connectivity index (χ1v) is 8.69. The van der Waals surface area contributed by atoms with Gasteiger partial charge in [-0.05, 0) is 49.2 Å². The van der Waals surface area contributed by atoms with Crippen LogP contribution in [0.4, 0.5) is 10.1 Å². The fraction of sp³-hybridized carbons (Fsp3) is 0.286. The molecule has 0 bridgehead atoms. The van der Waals surface area contributed by atoms with E-state index >= 15 is 0 Å². The number of fused-ring (bicyclic) bond motifs is 1. The summed E-state index contributed by atoms with van der Waals surface area (Å²) in [5.74, 6) is -0.233. The SMILES string of the molecule is CN(c1cc2ccccc2nc1-c1ccc(F)cc1)C1CCOCC1. The maximum atomic E-state index is 13.4. The fourth-order valence-electron chi connectivity index (χ4n) is 3.46. The van der Waals surface area contributed by atoms with Crippen molar-refractivity contribution in [1.29, 1.82) is 0 Å². The lowest BCUT2D eigenvalue weighted by molar-refractivity contribution is 0.0855. The van der Waals surface area contributed by atoms with Gasteiger partial charge in [0.15, 0.2) is 0 Å². The summed E-state index contributed by atoms with van der Waals surface area (Å²) in [4.78, 5) is 7.20. The lowest BCUT2D eigenvalue weighted by Gasteiger charge is -2.34. The second kappa shape index (κ2) is 6.81. The van der Waals surface area contributed by atoms with E-state index in [0.717, 1.165) is 53.9 Å². The average Bonchev–Trinajstić information content (AvgIpc) is 2.68. The van der Waals surface area contributed by atoms with Gasteiger partial charge in [-0.1, -0.05) is 18.2 Å². The zero-order chi connectivity index (χ0) is 17.2. The summed E-state index contributed by atoms with van der Waals surface area (Å²) in [5.41, 5.74) is 3.86. The molecule has 1 aromatic heterocycles. The van der Waals surface area contributed by atoms with Gasteiger partial charge in [0.05, 0.1) is 16.9 Å². The van der Waals surface area contributed by atoms with Gasteiger partial charge >= 0.3 is 0 Å². The van der Waals surface area contributed by atoms with Crippen molar-refractivity contribution in [1.82, 2.24) is 4.98 Å². The molecule has 3 aromatic rings. The molecule has 0 unspecified atom stereocenters. The van der Waals surface area contributed by atoms with Crippen LogP contribution in [0.5, 0.6) is 0 Å². The minimum atomic E-state index is -0.233. The van der Waals surface area contributed by atoms with Crippen LogP contribution in [-0.2, 0) is 4.74 Å². The molecule has 25 heavy (non-hydrogen) atoms. The highest BCUT2D eigenvalue weighted by Gasteiger charge is 2.22. The first kappa shape index (κ1) is 16.0. The van der Waals surface area contributed by atoms with Crippen molar-refractivity contribution < 1.29 is 9.13 Å². The highest BCUT2D eigenvalue weighted by molar-refractivity contribution is 5.89. The Morgan fingerprint density at radius 2 is 1.76 bits per heavy atom. The largest absolute Gasteiger partial charge is 0.381 e. The molecule has 1 aliphatic rings. The zero-order valence-corrected chi connectivity index (χ0v) is 14.3. The van der Waals surface area contributed by atoms with Crippen molar-refractivity contribution in [2.24, 2.45) is 0 Å². The van der Waals surface area contributed by atoms with Crippen LogP contribution in [0.2, 0.25) is 0 Å². The molecule has 4 rings (SSSR count). The number of nitrogens with zero attached hydrogens (tertiary/aromatic N) is 2. The van der Waals surface area contributed by atoms with Crippen LogP contribution in [0.1, 0.15) is 12.8 Å². The smallest absolute Gasteiger partial charge is 0.123 e. The second-order valence-corrected chi connectivity index (χ2v) is 6.51. The number of anilines is 1. The Hall–Kier alpha value is -2.46. The molecular formula is C21H21FN2O. The molecule has 0 spiro atoms. The molecule has 2 heterocycles. The van der Waals surface area contributed by atoms with E-state index in [2.05, 4.69) is 24.1 Å². The summed E-state index contributed by atoms with van der Waals surface area (Å²) in [7, 11) is 2.12. The molecule has 4 heteroatoms. The van der Waals surface area contributed by atoms with Gasteiger partial charge in [0.2, 0.25) is 0 Å². The van der Waals surface area contributed by atoms with E-state index in [4.69, 9.17) is 9.72 Å². The van der Waals surface area contributed by atoms with Crippen molar-refractivity contribution in [2.75, 3.05) is 25.2 Å². The zero-order valence-electron chi connectivity index (χ0n) is 14.3. The summed E-state index contributed by atoms with van der Waals surface area (Å²) in [5, 5.41) is 1.11. The standard InChI is InChI=1S/C21H21FN2O/c1-24(18-10-12-25-13-11-18)20-14-16-4-2-3-5-19(16)23-21(20)15-6-8-17(22)9-7-15/h2-9,14,18H,10-13H2,1H3. The van der Waals surface area contributed by atoms with Crippen LogP contribution in [-0.4, -0.2) is 31.3 Å². The van der Waals surface area contributed by atoms with Gasteiger partial charge in [-0.25, -0.2) is 9.37 Å². The molecular weight excluding hydrogens is 315 g/mol. The molecule has 0 aliphatic carbocycles. The molecule has 0 radical (unpaired) electrons. The van der Waals surface area contributed by atoms with Gasteiger partial charge in [0, 0.05) is 37.3 Å². The van der Waals surface area contributed by atoms with E-state index in [1.807, 2.05) is 18.2 Å². The molecule has 1 fully saturated rings. The molecule has 128 valence electrons. The van der Waals surface area contributed by atoms with Gasteiger partial charge in [-0.15, -0.1) is 0 Å². The Labute approximate surface area is 147 Å². The van der Waals surface area contributed by atoms with Crippen LogP contribution >= 0.6 is 0 Å². The molecule has 2 aromatic carbocycles. The quantitative estimate of drug-likeness (QED) is 0.696. The lowest BCUT2D eigenvalue weighted by Crippen LogP contribution is -2.37.